The molecule has 0 fully saturated rings. The molecule has 0 unspecified atom stereocenters. The fourth-order valence-electron chi connectivity index (χ4n) is 2.57. The van der Waals surface area contributed by atoms with E-state index in [1.807, 2.05) is 6.92 Å². The second-order valence-electron chi connectivity index (χ2n) is 6.50. The standard InChI is InChI=1S/C21H18F3N3O2/c1-3-15-7-17(29-18-6-14(22)11-25-12-18)9-19(27-15)20(28)8-16-5-4-13(10-26-16)21(2,23)24/h4-7,9-12H,3,8H2,1-2H3. The van der Waals surface area contributed by atoms with E-state index in [4.69, 9.17) is 4.74 Å². The second-order valence-corrected chi connectivity index (χ2v) is 6.50. The smallest absolute Gasteiger partial charge is 0.272 e. The van der Waals surface area contributed by atoms with Crippen LogP contribution in [0.2, 0.25) is 0 Å². The average molecular weight is 401 g/mol. The Bertz CT molecular complexity index is 1020. The summed E-state index contributed by atoms with van der Waals surface area (Å²) in [4.78, 5) is 24.6. The van der Waals surface area contributed by atoms with Gasteiger partial charge in [-0.15, -0.1) is 0 Å². The van der Waals surface area contributed by atoms with E-state index in [-0.39, 0.29) is 29.2 Å². The van der Waals surface area contributed by atoms with Gasteiger partial charge in [0.15, 0.2) is 5.78 Å². The molecule has 0 aromatic carbocycles. The zero-order valence-electron chi connectivity index (χ0n) is 15.8. The van der Waals surface area contributed by atoms with Crippen molar-refractivity contribution in [2.45, 2.75) is 32.6 Å². The van der Waals surface area contributed by atoms with E-state index in [0.717, 1.165) is 19.3 Å². The summed E-state index contributed by atoms with van der Waals surface area (Å²) < 4.78 is 45.5. The van der Waals surface area contributed by atoms with E-state index in [0.29, 0.717) is 23.6 Å². The molecule has 3 aromatic heterocycles. The van der Waals surface area contributed by atoms with Crippen molar-refractivity contribution in [3.63, 3.8) is 0 Å². The highest BCUT2D eigenvalue weighted by molar-refractivity contribution is 5.95. The Labute approximate surface area is 165 Å². The van der Waals surface area contributed by atoms with Crippen molar-refractivity contribution in [1.29, 1.82) is 0 Å². The van der Waals surface area contributed by atoms with Gasteiger partial charge in [0.1, 0.15) is 23.0 Å². The lowest BCUT2D eigenvalue weighted by Crippen LogP contribution is -2.11. The molecule has 0 amide bonds. The Morgan fingerprint density at radius 1 is 1.07 bits per heavy atom. The first-order valence-corrected chi connectivity index (χ1v) is 8.90. The van der Waals surface area contributed by atoms with E-state index < -0.39 is 11.7 Å². The average Bonchev–Trinajstić information content (AvgIpc) is 2.67. The Kier molecular flexibility index (Phi) is 5.91. The van der Waals surface area contributed by atoms with E-state index in [1.54, 1.807) is 6.07 Å². The monoisotopic (exact) mass is 401 g/mol. The van der Waals surface area contributed by atoms with Crippen molar-refractivity contribution in [1.82, 2.24) is 15.0 Å². The number of aromatic nitrogens is 3. The summed E-state index contributed by atoms with van der Waals surface area (Å²) in [5.41, 5.74) is 0.891. The first-order chi connectivity index (χ1) is 13.7. The minimum atomic E-state index is -3.00. The van der Waals surface area contributed by atoms with Crippen LogP contribution >= 0.6 is 0 Å². The van der Waals surface area contributed by atoms with Crippen molar-refractivity contribution in [3.05, 3.63) is 77.4 Å². The third-order valence-corrected chi connectivity index (χ3v) is 4.09. The molecule has 8 heteroatoms. The van der Waals surface area contributed by atoms with Crippen LogP contribution in [0.4, 0.5) is 13.2 Å². The number of nitrogens with zero attached hydrogens (tertiary/aromatic N) is 3. The minimum absolute atomic E-state index is 0.101. The van der Waals surface area contributed by atoms with Crippen LogP contribution in [0.1, 0.15) is 41.3 Å². The molecule has 0 N–H and O–H groups in total. The number of alkyl halides is 2. The van der Waals surface area contributed by atoms with Gasteiger partial charge in [0.05, 0.1) is 18.8 Å². The largest absolute Gasteiger partial charge is 0.455 e. The molecule has 0 aliphatic rings. The SMILES string of the molecule is CCc1cc(Oc2cncc(F)c2)cc(C(=O)Cc2ccc(C(C)(F)F)cn2)n1. The summed E-state index contributed by atoms with van der Waals surface area (Å²) in [6.45, 7) is 2.65. The summed E-state index contributed by atoms with van der Waals surface area (Å²) in [7, 11) is 0. The number of hydrogen-bond acceptors (Lipinski definition) is 5. The molecular weight excluding hydrogens is 383 g/mol. The van der Waals surface area contributed by atoms with Crippen molar-refractivity contribution in [2.24, 2.45) is 0 Å². The van der Waals surface area contributed by atoms with Gasteiger partial charge in [-0.2, -0.15) is 0 Å². The van der Waals surface area contributed by atoms with Gasteiger partial charge in [0.2, 0.25) is 0 Å². The van der Waals surface area contributed by atoms with Crippen molar-refractivity contribution in [2.75, 3.05) is 0 Å². The van der Waals surface area contributed by atoms with Gasteiger partial charge in [-0.05, 0) is 18.6 Å². The lowest BCUT2D eigenvalue weighted by molar-refractivity contribution is 0.0171. The van der Waals surface area contributed by atoms with Crippen LogP contribution in [0.15, 0.2) is 48.9 Å². The molecule has 0 aliphatic carbocycles. The quantitative estimate of drug-likeness (QED) is 0.527. The van der Waals surface area contributed by atoms with Crippen LogP contribution in [0, 0.1) is 5.82 Å². The predicted molar refractivity (Wildman–Crippen MR) is 99.7 cm³/mol. The zero-order valence-corrected chi connectivity index (χ0v) is 15.8. The van der Waals surface area contributed by atoms with Gasteiger partial charge in [-0.25, -0.2) is 18.2 Å². The van der Waals surface area contributed by atoms with Gasteiger partial charge < -0.3 is 4.74 Å². The van der Waals surface area contributed by atoms with Crippen LogP contribution in [0.5, 0.6) is 11.5 Å². The second kappa shape index (κ2) is 8.38. The molecule has 0 atom stereocenters. The fourth-order valence-corrected chi connectivity index (χ4v) is 2.57. The van der Waals surface area contributed by atoms with Crippen molar-refractivity contribution < 1.29 is 22.7 Å². The van der Waals surface area contributed by atoms with Gasteiger partial charge in [-0.3, -0.25) is 14.8 Å². The van der Waals surface area contributed by atoms with Gasteiger partial charge in [0.25, 0.3) is 5.92 Å². The molecule has 5 nitrogen and oxygen atoms in total. The molecule has 0 saturated heterocycles. The number of halogens is 3. The van der Waals surface area contributed by atoms with Crippen LogP contribution in [0.3, 0.4) is 0 Å². The summed E-state index contributed by atoms with van der Waals surface area (Å²) in [5.74, 6) is -3.37. The zero-order chi connectivity index (χ0) is 21.0. The number of ether oxygens (including phenoxy) is 1. The number of ketones is 1. The predicted octanol–water partition coefficient (Wildman–Crippen LogP) is 4.90. The Balaban J connectivity index is 1.81. The topological polar surface area (TPSA) is 65.0 Å². The minimum Gasteiger partial charge on any atom is -0.455 e. The summed E-state index contributed by atoms with van der Waals surface area (Å²) in [6.07, 6.45) is 3.92. The molecule has 0 spiro atoms. The van der Waals surface area contributed by atoms with Crippen LogP contribution in [-0.2, 0) is 18.8 Å². The number of carbonyl (C=O) groups is 1. The molecule has 0 radical (unpaired) electrons. The summed E-state index contributed by atoms with van der Waals surface area (Å²) in [5, 5.41) is 0. The first kappa shape index (κ1) is 20.4. The molecule has 3 heterocycles. The highest BCUT2D eigenvalue weighted by Crippen LogP contribution is 2.26. The van der Waals surface area contributed by atoms with Crippen molar-refractivity contribution >= 4 is 5.78 Å². The number of aryl methyl sites for hydroxylation is 1. The third kappa shape index (κ3) is 5.37. The highest BCUT2D eigenvalue weighted by atomic mass is 19.3. The normalized spacial score (nSPS) is 11.3. The fraction of sp³-hybridized carbons (Fsp3) is 0.238. The molecule has 150 valence electrons. The lowest BCUT2D eigenvalue weighted by Gasteiger charge is -2.11. The van der Waals surface area contributed by atoms with E-state index in [9.17, 15) is 18.0 Å². The molecular formula is C21H18F3N3O2. The maximum atomic E-state index is 13.3. The van der Waals surface area contributed by atoms with Crippen LogP contribution in [-0.4, -0.2) is 20.7 Å². The number of rotatable bonds is 7. The third-order valence-electron chi connectivity index (χ3n) is 4.09. The van der Waals surface area contributed by atoms with E-state index >= 15 is 0 Å². The number of Topliss-reactive ketones (excluding diaryl/α,β-unsaturated/α-hetero) is 1. The number of hydrogen-bond donors (Lipinski definition) is 0. The Hall–Kier alpha value is -3.29. The maximum Gasteiger partial charge on any atom is 0.272 e. The van der Waals surface area contributed by atoms with Gasteiger partial charge in [-0.1, -0.05) is 6.92 Å². The lowest BCUT2D eigenvalue weighted by atomic mass is 10.1. The number of pyridine rings is 3. The highest BCUT2D eigenvalue weighted by Gasteiger charge is 2.24. The Morgan fingerprint density at radius 3 is 2.48 bits per heavy atom. The first-order valence-electron chi connectivity index (χ1n) is 8.90. The van der Waals surface area contributed by atoms with Crippen molar-refractivity contribution in [3.8, 4) is 11.5 Å². The van der Waals surface area contributed by atoms with E-state index in [1.165, 1.54) is 30.5 Å². The molecule has 0 aliphatic heterocycles. The Morgan fingerprint density at radius 2 is 1.86 bits per heavy atom. The van der Waals surface area contributed by atoms with Crippen LogP contribution in [0.25, 0.3) is 0 Å². The number of carbonyl (C=O) groups excluding carboxylic acids is 1. The van der Waals surface area contributed by atoms with Gasteiger partial charge in [0, 0.05) is 48.3 Å². The molecule has 0 saturated carbocycles. The maximum absolute atomic E-state index is 13.3. The summed E-state index contributed by atoms with van der Waals surface area (Å²) in [6, 6.07) is 6.91. The van der Waals surface area contributed by atoms with E-state index in [2.05, 4.69) is 15.0 Å². The summed E-state index contributed by atoms with van der Waals surface area (Å²) >= 11 is 0. The molecule has 29 heavy (non-hydrogen) atoms. The van der Waals surface area contributed by atoms with Gasteiger partial charge >= 0.3 is 0 Å². The molecule has 3 aromatic rings. The van der Waals surface area contributed by atoms with Crippen LogP contribution < -0.4 is 4.74 Å². The molecule has 0 bridgehead atoms. The molecule has 3 rings (SSSR count).